The number of nitrogens with zero attached hydrogens (tertiary/aromatic N) is 3. The number of nitrogens with one attached hydrogen (secondary N) is 2. The molecule has 14 heteroatoms. The monoisotopic (exact) mass is 577 g/mol. The minimum Gasteiger partial charge on any atom is -0.466 e. The van der Waals surface area contributed by atoms with Crippen LogP contribution in [0.15, 0.2) is 59.8 Å². The molecule has 2 N–H and O–H groups in total. The quantitative estimate of drug-likeness (QED) is 0.374. The predicted octanol–water partition coefficient (Wildman–Crippen LogP) is 3.97. The zero-order chi connectivity index (χ0) is 29.8. The minimum atomic E-state index is -4.70. The van der Waals surface area contributed by atoms with Crippen molar-refractivity contribution in [2.75, 3.05) is 30.6 Å². The lowest BCUT2D eigenvalue weighted by Gasteiger charge is -2.43. The number of benzene rings is 2. The second kappa shape index (κ2) is 11.8. The van der Waals surface area contributed by atoms with Crippen LogP contribution in [0.1, 0.15) is 36.1 Å². The van der Waals surface area contributed by atoms with Gasteiger partial charge in [0.05, 0.1) is 35.6 Å². The van der Waals surface area contributed by atoms with Crippen LogP contribution in [0.4, 0.5) is 23.7 Å². The average Bonchev–Trinajstić information content (AvgIpc) is 2.89. The van der Waals surface area contributed by atoms with Crippen LogP contribution in [-0.4, -0.2) is 56.9 Å². The number of esters is 1. The maximum absolute atomic E-state index is 13.5. The molecule has 0 saturated heterocycles. The van der Waals surface area contributed by atoms with Gasteiger partial charge in [-0.15, -0.1) is 0 Å². The molecule has 1 aliphatic heterocycles. The van der Waals surface area contributed by atoms with E-state index in [9.17, 15) is 36.4 Å². The molecule has 1 heterocycles. The summed E-state index contributed by atoms with van der Waals surface area (Å²) in [5.41, 5.74) is -0.613. The van der Waals surface area contributed by atoms with Crippen molar-refractivity contribution in [3.8, 4) is 6.07 Å². The highest BCUT2D eigenvalue weighted by Gasteiger charge is 2.44. The van der Waals surface area contributed by atoms with E-state index in [-0.39, 0.29) is 41.2 Å². The van der Waals surface area contributed by atoms with Crippen LogP contribution >= 0.6 is 0 Å². The van der Waals surface area contributed by atoms with Gasteiger partial charge in [-0.25, -0.2) is 18.0 Å². The van der Waals surface area contributed by atoms with Crippen molar-refractivity contribution in [3.05, 3.63) is 76.5 Å². The summed E-state index contributed by atoms with van der Waals surface area (Å²) in [5.74, 6) is -1.68. The van der Waals surface area contributed by atoms with Crippen molar-refractivity contribution in [2.24, 2.45) is 0 Å². The number of carbonyl (C=O) groups is 2. The van der Waals surface area contributed by atoms with E-state index in [1.807, 2.05) is 6.07 Å². The van der Waals surface area contributed by atoms with E-state index >= 15 is 0 Å². The molecule has 0 aliphatic carbocycles. The molecule has 10 nitrogen and oxygen atoms in total. The van der Waals surface area contributed by atoms with Gasteiger partial charge in [0.1, 0.15) is 15.9 Å². The van der Waals surface area contributed by atoms with Gasteiger partial charge in [0.15, 0.2) is 0 Å². The zero-order valence-corrected chi connectivity index (χ0v) is 22.6. The van der Waals surface area contributed by atoms with Gasteiger partial charge in [0.25, 0.3) is 0 Å². The number of rotatable bonds is 7. The third-order valence-electron chi connectivity index (χ3n) is 6.08. The fourth-order valence-electron chi connectivity index (χ4n) is 4.23. The highest BCUT2D eigenvalue weighted by molar-refractivity contribution is 7.90. The van der Waals surface area contributed by atoms with Gasteiger partial charge in [-0.05, 0) is 49.2 Å². The number of hydrogen-bond donors (Lipinski definition) is 2. The zero-order valence-electron chi connectivity index (χ0n) is 21.7. The molecule has 0 aromatic heterocycles. The van der Waals surface area contributed by atoms with Gasteiger partial charge in [0.2, 0.25) is 5.96 Å². The largest absolute Gasteiger partial charge is 0.466 e. The molecule has 0 bridgehead atoms. The van der Waals surface area contributed by atoms with E-state index < -0.39 is 45.6 Å². The van der Waals surface area contributed by atoms with E-state index in [1.165, 1.54) is 37.3 Å². The fourth-order valence-corrected chi connectivity index (χ4v) is 4.90. The molecule has 2 amide bonds. The number of anilines is 1. The first-order valence-corrected chi connectivity index (χ1v) is 13.9. The van der Waals surface area contributed by atoms with Crippen molar-refractivity contribution in [1.82, 2.24) is 10.2 Å². The number of guanidine groups is 1. The molecule has 3 rings (SSSR count). The third kappa shape index (κ3) is 6.60. The molecule has 40 heavy (non-hydrogen) atoms. The molecule has 1 atom stereocenters. The number of sulfone groups is 1. The highest BCUT2D eigenvalue weighted by Crippen LogP contribution is 2.41. The minimum absolute atomic E-state index is 0.0478. The summed E-state index contributed by atoms with van der Waals surface area (Å²) in [5, 5.41) is 20.6. The van der Waals surface area contributed by atoms with E-state index in [0.29, 0.717) is 5.56 Å². The van der Waals surface area contributed by atoms with Gasteiger partial charge < -0.3 is 10.1 Å². The SMILES string of the molecule is COC(=O)C1=C(C)N(c2cccc(C(F)(F)F)c2)C(=N)N(C(=O)NCCCS(C)(=O)=O)[C@@H]1c1ccc(C#N)cc1. The molecule has 1 aliphatic rings. The summed E-state index contributed by atoms with van der Waals surface area (Å²) in [7, 11) is -2.21. The van der Waals surface area contributed by atoms with Gasteiger partial charge in [-0.3, -0.25) is 15.2 Å². The molecule has 2 aromatic carbocycles. The molecule has 212 valence electrons. The smallest absolute Gasteiger partial charge is 0.416 e. The first-order chi connectivity index (χ1) is 18.7. The van der Waals surface area contributed by atoms with Gasteiger partial charge in [-0.1, -0.05) is 18.2 Å². The van der Waals surface area contributed by atoms with Crippen molar-refractivity contribution >= 4 is 33.5 Å². The number of methoxy groups -OCH3 is 1. The van der Waals surface area contributed by atoms with E-state index in [4.69, 9.17) is 10.1 Å². The number of urea groups is 1. The Kier molecular flexibility index (Phi) is 8.89. The fraction of sp³-hybridized carbons (Fsp3) is 0.308. The lowest BCUT2D eigenvalue weighted by Crippen LogP contribution is -2.56. The van der Waals surface area contributed by atoms with Crippen LogP contribution in [0.3, 0.4) is 0 Å². The third-order valence-corrected chi connectivity index (χ3v) is 7.11. The van der Waals surface area contributed by atoms with Crippen molar-refractivity contribution < 1.29 is 35.9 Å². The molecule has 0 fully saturated rings. The molecule has 0 radical (unpaired) electrons. The van der Waals surface area contributed by atoms with E-state index in [0.717, 1.165) is 41.4 Å². The summed E-state index contributed by atoms with van der Waals surface area (Å²) in [6, 6.07) is 9.73. The number of carbonyl (C=O) groups excluding carboxylic acids is 2. The summed E-state index contributed by atoms with van der Waals surface area (Å²) in [6.45, 7) is 1.31. The standard InChI is InChI=1S/C26H26F3N5O5S/c1-16-21(23(35)39-2)22(18-10-8-17(15-30)9-11-18)34(25(36)32-12-5-13-40(3,37)38)24(31)33(16)20-7-4-6-19(14-20)26(27,28)29/h4,6-11,14,22,31H,5,12-13H2,1-3H3,(H,32,36)/t22-/m1/s1. The molecule has 0 unspecified atom stereocenters. The Hall–Kier alpha value is -4.38. The number of ether oxygens (including phenoxy) is 1. The highest BCUT2D eigenvalue weighted by atomic mass is 32.2. The lowest BCUT2D eigenvalue weighted by molar-refractivity contribution is -0.138. The van der Waals surface area contributed by atoms with Crippen LogP contribution in [0.5, 0.6) is 0 Å². The molecule has 2 aromatic rings. The van der Waals surface area contributed by atoms with Crippen LogP contribution in [0.25, 0.3) is 0 Å². The van der Waals surface area contributed by atoms with Crippen molar-refractivity contribution in [2.45, 2.75) is 25.6 Å². The number of hydrogen-bond acceptors (Lipinski definition) is 7. The summed E-state index contributed by atoms with van der Waals surface area (Å²) >= 11 is 0. The van der Waals surface area contributed by atoms with E-state index in [1.54, 1.807) is 0 Å². The number of amides is 2. The summed E-state index contributed by atoms with van der Waals surface area (Å²) in [6.07, 6.45) is -3.60. The van der Waals surface area contributed by atoms with Crippen LogP contribution in [0.2, 0.25) is 0 Å². The first-order valence-electron chi connectivity index (χ1n) is 11.8. The predicted molar refractivity (Wildman–Crippen MR) is 140 cm³/mol. The van der Waals surface area contributed by atoms with E-state index in [2.05, 4.69) is 5.32 Å². The first kappa shape index (κ1) is 30.2. The summed E-state index contributed by atoms with van der Waals surface area (Å²) in [4.78, 5) is 28.5. The maximum atomic E-state index is 13.5. The number of nitriles is 1. The Morgan fingerprint density at radius 3 is 2.38 bits per heavy atom. The Labute approximate surface area is 229 Å². The van der Waals surface area contributed by atoms with Gasteiger partial charge in [-0.2, -0.15) is 18.4 Å². The Balaban J connectivity index is 2.19. The topological polar surface area (TPSA) is 144 Å². The van der Waals surface area contributed by atoms with Crippen molar-refractivity contribution in [1.29, 1.82) is 10.7 Å². The average molecular weight is 578 g/mol. The Morgan fingerprint density at radius 2 is 1.82 bits per heavy atom. The second-order valence-electron chi connectivity index (χ2n) is 8.92. The van der Waals surface area contributed by atoms with Gasteiger partial charge in [0, 0.05) is 24.2 Å². The molecular formula is C26H26F3N5O5S. The lowest BCUT2D eigenvalue weighted by atomic mass is 9.92. The molecule has 0 spiro atoms. The number of allylic oxidation sites excluding steroid dienone is 1. The Morgan fingerprint density at radius 1 is 1.18 bits per heavy atom. The molecular weight excluding hydrogens is 551 g/mol. The maximum Gasteiger partial charge on any atom is 0.416 e. The van der Waals surface area contributed by atoms with Gasteiger partial charge >= 0.3 is 18.2 Å². The normalized spacial score (nSPS) is 16.0. The van der Waals surface area contributed by atoms with Crippen LogP contribution < -0.4 is 10.2 Å². The van der Waals surface area contributed by atoms with Crippen molar-refractivity contribution in [3.63, 3.8) is 0 Å². The number of halogens is 3. The van der Waals surface area contributed by atoms with Crippen LogP contribution in [0, 0.1) is 16.7 Å². The second-order valence-corrected chi connectivity index (χ2v) is 11.2. The molecule has 0 saturated carbocycles. The Bertz CT molecular complexity index is 1500. The van der Waals surface area contributed by atoms with Crippen LogP contribution in [-0.2, 0) is 25.5 Å². The summed E-state index contributed by atoms with van der Waals surface area (Å²) < 4.78 is 68.4. The number of alkyl halides is 3.